The zero-order chi connectivity index (χ0) is 14.8. The number of carbonyl (C=O) groups is 1. The molecule has 1 atom stereocenters. The van der Waals surface area contributed by atoms with Crippen LogP contribution in [0, 0.1) is 0 Å². The molecule has 21 heavy (non-hydrogen) atoms. The lowest BCUT2D eigenvalue weighted by atomic mass is 9.87. The minimum Gasteiger partial charge on any atom is -0.468 e. The smallest absolute Gasteiger partial charge is 0.324 e. The molecule has 0 aromatic heterocycles. The first-order valence-corrected chi connectivity index (χ1v) is 7.08. The molecule has 1 saturated heterocycles. The number of rotatable bonds is 2. The van der Waals surface area contributed by atoms with Crippen LogP contribution in [0.2, 0.25) is 0 Å². The summed E-state index contributed by atoms with van der Waals surface area (Å²) in [6.45, 7) is 8.98. The molecule has 0 spiro atoms. The van der Waals surface area contributed by atoms with E-state index in [0.717, 1.165) is 13.1 Å². The van der Waals surface area contributed by atoms with Crippen molar-refractivity contribution in [3.05, 3.63) is 29.8 Å². The van der Waals surface area contributed by atoms with Crippen molar-refractivity contribution in [2.24, 2.45) is 0 Å². The third-order valence-electron chi connectivity index (χ3n) is 3.74. The third-order valence-corrected chi connectivity index (χ3v) is 3.74. The van der Waals surface area contributed by atoms with Crippen LogP contribution < -0.4 is 10.2 Å². The van der Waals surface area contributed by atoms with Gasteiger partial charge in [-0.05, 0) is 23.1 Å². The first kappa shape index (κ1) is 17.8. The van der Waals surface area contributed by atoms with E-state index in [1.165, 1.54) is 18.4 Å². The molecule has 4 nitrogen and oxygen atoms in total. The van der Waals surface area contributed by atoms with Crippen molar-refractivity contribution in [3.63, 3.8) is 0 Å². The first-order chi connectivity index (χ1) is 9.41. The van der Waals surface area contributed by atoms with Gasteiger partial charge in [0.1, 0.15) is 6.04 Å². The maximum absolute atomic E-state index is 11.7. The van der Waals surface area contributed by atoms with Crippen LogP contribution in [-0.4, -0.2) is 38.8 Å². The zero-order valence-corrected chi connectivity index (χ0v) is 14.0. The average molecular weight is 313 g/mol. The van der Waals surface area contributed by atoms with Crippen molar-refractivity contribution >= 4 is 24.1 Å². The molecule has 1 aromatic rings. The van der Waals surface area contributed by atoms with E-state index >= 15 is 0 Å². The van der Waals surface area contributed by atoms with Crippen LogP contribution in [-0.2, 0) is 14.9 Å². The molecule has 0 radical (unpaired) electrons. The number of hydrogen-bond donors (Lipinski definition) is 1. The number of ether oxygens (including phenoxy) is 1. The normalized spacial score (nSPS) is 18.9. The molecule has 0 saturated carbocycles. The molecular weight excluding hydrogens is 288 g/mol. The van der Waals surface area contributed by atoms with Crippen LogP contribution in [0.4, 0.5) is 5.69 Å². The summed E-state index contributed by atoms with van der Waals surface area (Å²) in [5.74, 6) is -0.193. The fraction of sp³-hybridized carbons (Fsp3) is 0.562. The summed E-state index contributed by atoms with van der Waals surface area (Å²) in [6, 6.07) is 8.33. The lowest BCUT2D eigenvalue weighted by Crippen LogP contribution is -2.54. The Morgan fingerprint density at radius 1 is 1.38 bits per heavy atom. The van der Waals surface area contributed by atoms with Crippen LogP contribution in [0.3, 0.4) is 0 Å². The number of nitrogens with one attached hydrogen (secondary N) is 1. The Labute approximate surface area is 133 Å². The Hall–Kier alpha value is -1.26. The summed E-state index contributed by atoms with van der Waals surface area (Å²) < 4.78 is 4.82. The maximum atomic E-state index is 11.7. The summed E-state index contributed by atoms with van der Waals surface area (Å²) in [7, 11) is 1.43. The Bertz CT molecular complexity index is 485. The molecule has 1 aliphatic heterocycles. The van der Waals surface area contributed by atoms with Crippen molar-refractivity contribution in [1.82, 2.24) is 5.32 Å². The summed E-state index contributed by atoms with van der Waals surface area (Å²) in [5, 5.41) is 3.20. The monoisotopic (exact) mass is 312 g/mol. The van der Waals surface area contributed by atoms with Gasteiger partial charge < -0.3 is 15.0 Å². The summed E-state index contributed by atoms with van der Waals surface area (Å²) in [6.07, 6.45) is 0. The van der Waals surface area contributed by atoms with Gasteiger partial charge in [-0.2, -0.15) is 0 Å². The molecule has 5 heteroatoms. The second kappa shape index (κ2) is 7.14. The van der Waals surface area contributed by atoms with Crippen molar-refractivity contribution in [1.29, 1.82) is 0 Å². The number of esters is 1. The molecule has 118 valence electrons. The van der Waals surface area contributed by atoms with E-state index < -0.39 is 0 Å². The number of halogens is 1. The van der Waals surface area contributed by atoms with Crippen LogP contribution >= 0.6 is 12.4 Å². The number of benzene rings is 1. The lowest BCUT2D eigenvalue weighted by molar-refractivity contribution is -0.143. The van der Waals surface area contributed by atoms with Gasteiger partial charge in [-0.1, -0.05) is 32.9 Å². The van der Waals surface area contributed by atoms with Gasteiger partial charge in [-0.3, -0.25) is 4.79 Å². The average Bonchev–Trinajstić information content (AvgIpc) is 2.46. The number of hydrogen-bond acceptors (Lipinski definition) is 4. The van der Waals surface area contributed by atoms with Gasteiger partial charge in [-0.25, -0.2) is 0 Å². The highest BCUT2D eigenvalue weighted by Crippen LogP contribution is 2.26. The first-order valence-electron chi connectivity index (χ1n) is 7.08. The Balaban J connectivity index is 0.00000220. The highest BCUT2D eigenvalue weighted by molar-refractivity contribution is 5.85. The molecule has 1 unspecified atom stereocenters. The summed E-state index contributed by atoms with van der Waals surface area (Å²) in [4.78, 5) is 13.9. The second-order valence-corrected chi connectivity index (χ2v) is 6.28. The van der Waals surface area contributed by atoms with Crippen molar-refractivity contribution in [2.45, 2.75) is 32.2 Å². The number of nitrogens with zero attached hydrogens (tertiary/aromatic N) is 1. The van der Waals surface area contributed by atoms with E-state index in [0.29, 0.717) is 6.54 Å². The van der Waals surface area contributed by atoms with Crippen LogP contribution in [0.15, 0.2) is 24.3 Å². The van der Waals surface area contributed by atoms with Crippen molar-refractivity contribution in [3.8, 4) is 0 Å². The van der Waals surface area contributed by atoms with Crippen LogP contribution in [0.1, 0.15) is 26.3 Å². The summed E-state index contributed by atoms with van der Waals surface area (Å²) in [5.41, 5.74) is 2.61. The van der Waals surface area contributed by atoms with E-state index in [4.69, 9.17) is 4.74 Å². The fourth-order valence-corrected chi connectivity index (χ4v) is 2.45. The van der Waals surface area contributed by atoms with Gasteiger partial charge in [0.05, 0.1) is 7.11 Å². The molecule has 1 N–H and O–H groups in total. The summed E-state index contributed by atoms with van der Waals surface area (Å²) >= 11 is 0. The number of anilines is 1. The van der Waals surface area contributed by atoms with E-state index in [2.05, 4.69) is 55.3 Å². The zero-order valence-electron chi connectivity index (χ0n) is 13.2. The maximum Gasteiger partial charge on any atom is 0.324 e. The standard InChI is InChI=1S/C16H24N2O2.ClH/c1-16(2,3)12-6-5-7-13(10-12)18-9-8-17-14(11-18)15(19)20-4;/h5-7,10,14,17H,8-9,11H2,1-4H3;1H. The van der Waals surface area contributed by atoms with Crippen LogP contribution in [0.5, 0.6) is 0 Å². The minimum absolute atomic E-state index is 0. The van der Waals surface area contributed by atoms with Gasteiger partial charge in [0.15, 0.2) is 0 Å². The second-order valence-electron chi connectivity index (χ2n) is 6.28. The van der Waals surface area contributed by atoms with Gasteiger partial charge in [-0.15, -0.1) is 12.4 Å². The third kappa shape index (κ3) is 4.35. The molecule has 1 fully saturated rings. The largest absolute Gasteiger partial charge is 0.468 e. The Morgan fingerprint density at radius 2 is 2.10 bits per heavy atom. The van der Waals surface area contributed by atoms with E-state index in [1.54, 1.807) is 0 Å². The molecule has 1 aliphatic rings. The highest BCUT2D eigenvalue weighted by atomic mass is 35.5. The van der Waals surface area contributed by atoms with Crippen LogP contribution in [0.25, 0.3) is 0 Å². The van der Waals surface area contributed by atoms with Gasteiger partial charge in [0, 0.05) is 25.3 Å². The Kier molecular flexibility index (Phi) is 6.05. The molecular formula is C16H25ClN2O2. The Morgan fingerprint density at radius 3 is 2.71 bits per heavy atom. The lowest BCUT2D eigenvalue weighted by Gasteiger charge is -2.34. The molecule has 0 aliphatic carbocycles. The predicted molar refractivity (Wildman–Crippen MR) is 88.4 cm³/mol. The van der Waals surface area contributed by atoms with Crippen molar-refractivity contribution < 1.29 is 9.53 Å². The quantitative estimate of drug-likeness (QED) is 0.851. The molecule has 0 bridgehead atoms. The van der Waals surface area contributed by atoms with Gasteiger partial charge >= 0.3 is 5.97 Å². The number of methoxy groups -OCH3 is 1. The number of carbonyl (C=O) groups excluding carboxylic acids is 1. The van der Waals surface area contributed by atoms with Crippen molar-refractivity contribution in [2.75, 3.05) is 31.6 Å². The van der Waals surface area contributed by atoms with Gasteiger partial charge in [0.25, 0.3) is 0 Å². The molecule has 1 aromatic carbocycles. The fourth-order valence-electron chi connectivity index (χ4n) is 2.45. The van der Waals surface area contributed by atoms with E-state index in [9.17, 15) is 4.79 Å². The molecule has 1 heterocycles. The number of piperazine rings is 1. The highest BCUT2D eigenvalue weighted by Gasteiger charge is 2.26. The topological polar surface area (TPSA) is 41.6 Å². The SMILES string of the molecule is COC(=O)C1CN(c2cccc(C(C)(C)C)c2)CCN1.Cl. The minimum atomic E-state index is -0.243. The molecule has 0 amide bonds. The van der Waals surface area contributed by atoms with E-state index in [-0.39, 0.29) is 29.8 Å². The predicted octanol–water partition coefficient (Wildman–Crippen LogP) is 2.36. The molecule has 2 rings (SSSR count). The van der Waals surface area contributed by atoms with E-state index in [1.807, 2.05) is 0 Å². The van der Waals surface area contributed by atoms with Gasteiger partial charge in [0.2, 0.25) is 0 Å².